The van der Waals surface area contributed by atoms with Crippen LogP contribution in [-0.2, 0) is 0 Å². The Morgan fingerprint density at radius 3 is 2.50 bits per heavy atom. The van der Waals surface area contributed by atoms with Crippen molar-refractivity contribution in [1.29, 1.82) is 5.26 Å². The zero-order valence-electron chi connectivity index (χ0n) is 10.3. The van der Waals surface area contributed by atoms with Crippen LogP contribution >= 0.6 is 0 Å². The summed E-state index contributed by atoms with van der Waals surface area (Å²) in [5.74, 6) is -0.725. The van der Waals surface area contributed by atoms with Crippen LogP contribution < -0.4 is 0 Å². The van der Waals surface area contributed by atoms with Crippen molar-refractivity contribution >= 4 is 16.8 Å². The second-order valence-electron chi connectivity index (χ2n) is 4.30. The summed E-state index contributed by atoms with van der Waals surface area (Å²) in [6.07, 6.45) is 0. The number of carbonyl (C=O) groups is 1. The molecule has 0 saturated carbocycles. The molecule has 4 heteroatoms. The number of carbonyl (C=O) groups excluding carboxylic acids is 1. The van der Waals surface area contributed by atoms with Crippen molar-refractivity contribution in [2.45, 2.75) is 0 Å². The number of aromatic hydroxyl groups is 1. The molecule has 0 bridgehead atoms. The maximum Gasteiger partial charge on any atom is 0.294 e. The highest BCUT2D eigenvalue weighted by Gasteiger charge is 2.21. The minimum atomic E-state index is -0.388. The van der Waals surface area contributed by atoms with E-state index in [-0.39, 0.29) is 17.3 Å². The molecule has 0 aliphatic carbocycles. The van der Waals surface area contributed by atoms with Gasteiger partial charge >= 0.3 is 0 Å². The Bertz CT molecular complexity index is 838. The van der Waals surface area contributed by atoms with E-state index in [9.17, 15) is 9.90 Å². The molecule has 0 unspecified atom stereocenters. The average Bonchev–Trinajstić information content (AvgIpc) is 2.82. The number of hydrogen-bond donors (Lipinski definition) is 1. The lowest BCUT2D eigenvalue weighted by molar-refractivity contribution is 0.103. The Kier molecular flexibility index (Phi) is 2.73. The summed E-state index contributed by atoms with van der Waals surface area (Å²) in [5, 5.41) is 19.1. The average molecular weight is 263 g/mol. The predicted octanol–water partition coefficient (Wildman–Crippen LogP) is 3.24. The van der Waals surface area contributed by atoms with Crippen molar-refractivity contribution in [2.24, 2.45) is 0 Å². The summed E-state index contributed by atoms with van der Waals surface area (Å²) in [5.41, 5.74) is 1.47. The lowest BCUT2D eigenvalue weighted by Gasteiger charge is -1.99. The normalized spacial score (nSPS) is 10.3. The van der Waals surface area contributed by atoms with Gasteiger partial charge in [0.1, 0.15) is 11.1 Å². The molecule has 0 atom stereocenters. The minimum Gasteiger partial charge on any atom is -0.480 e. The van der Waals surface area contributed by atoms with Crippen LogP contribution in [0, 0.1) is 11.3 Å². The molecule has 4 nitrogen and oxygen atoms in total. The fourth-order valence-corrected chi connectivity index (χ4v) is 2.09. The van der Waals surface area contributed by atoms with E-state index in [0.29, 0.717) is 22.1 Å². The van der Waals surface area contributed by atoms with Gasteiger partial charge in [-0.3, -0.25) is 4.79 Å². The summed E-state index contributed by atoms with van der Waals surface area (Å²) in [6, 6.07) is 15.2. The van der Waals surface area contributed by atoms with Gasteiger partial charge in [0.2, 0.25) is 5.78 Å². The maximum atomic E-state index is 12.4. The molecular formula is C16H9NO3. The van der Waals surface area contributed by atoms with Crippen molar-refractivity contribution in [3.8, 4) is 12.0 Å². The molecule has 3 rings (SSSR count). The molecule has 0 aliphatic heterocycles. The number of rotatable bonds is 2. The third kappa shape index (κ3) is 1.82. The predicted molar refractivity (Wildman–Crippen MR) is 72.5 cm³/mol. The fraction of sp³-hybridized carbons (Fsp3) is 0. The molecule has 2 aromatic carbocycles. The van der Waals surface area contributed by atoms with E-state index in [4.69, 9.17) is 9.68 Å². The highest BCUT2D eigenvalue weighted by Crippen LogP contribution is 2.32. The molecule has 20 heavy (non-hydrogen) atoms. The SMILES string of the molecule is N#Cc1ccc(C(=O)c2c(O)oc3ccccc23)cc1. The van der Waals surface area contributed by atoms with Crippen LogP contribution in [0.3, 0.4) is 0 Å². The van der Waals surface area contributed by atoms with Crippen molar-refractivity contribution in [1.82, 2.24) is 0 Å². The van der Waals surface area contributed by atoms with Crippen LogP contribution in [-0.4, -0.2) is 10.9 Å². The first-order valence-corrected chi connectivity index (χ1v) is 5.96. The Labute approximate surface area is 114 Å². The first-order valence-electron chi connectivity index (χ1n) is 5.96. The first kappa shape index (κ1) is 12.0. The topological polar surface area (TPSA) is 74.2 Å². The monoisotopic (exact) mass is 263 g/mol. The van der Waals surface area contributed by atoms with Crippen molar-refractivity contribution in [3.05, 3.63) is 65.2 Å². The zero-order chi connectivity index (χ0) is 14.1. The largest absolute Gasteiger partial charge is 0.480 e. The Balaban J connectivity index is 2.12. The fourth-order valence-electron chi connectivity index (χ4n) is 2.09. The van der Waals surface area contributed by atoms with E-state index in [1.54, 1.807) is 48.5 Å². The van der Waals surface area contributed by atoms with Crippen LogP contribution in [0.2, 0.25) is 0 Å². The molecule has 0 aliphatic rings. The Hall–Kier alpha value is -3.06. The molecule has 1 heterocycles. The number of furan rings is 1. The van der Waals surface area contributed by atoms with Gasteiger partial charge in [-0.2, -0.15) is 5.26 Å². The Morgan fingerprint density at radius 2 is 1.80 bits per heavy atom. The van der Waals surface area contributed by atoms with Crippen LogP contribution in [0.4, 0.5) is 0 Å². The third-order valence-corrected chi connectivity index (χ3v) is 3.08. The van der Waals surface area contributed by atoms with E-state index in [1.807, 2.05) is 6.07 Å². The quantitative estimate of drug-likeness (QED) is 0.720. The first-order chi connectivity index (χ1) is 9.70. The zero-order valence-corrected chi connectivity index (χ0v) is 10.3. The highest BCUT2D eigenvalue weighted by atomic mass is 16.5. The van der Waals surface area contributed by atoms with Gasteiger partial charge in [-0.25, -0.2) is 0 Å². The lowest BCUT2D eigenvalue weighted by atomic mass is 10.0. The number of nitriles is 1. The third-order valence-electron chi connectivity index (χ3n) is 3.08. The Morgan fingerprint density at radius 1 is 1.10 bits per heavy atom. The van der Waals surface area contributed by atoms with Gasteiger partial charge in [0.25, 0.3) is 5.95 Å². The molecule has 0 spiro atoms. The molecule has 0 fully saturated rings. The number of ketones is 1. The van der Waals surface area contributed by atoms with Gasteiger partial charge in [-0.15, -0.1) is 0 Å². The maximum absolute atomic E-state index is 12.4. The molecule has 96 valence electrons. The summed E-state index contributed by atoms with van der Waals surface area (Å²) in [7, 11) is 0. The molecular weight excluding hydrogens is 254 g/mol. The second-order valence-corrected chi connectivity index (χ2v) is 4.30. The summed E-state index contributed by atoms with van der Waals surface area (Å²) in [6.45, 7) is 0. The number of hydrogen-bond acceptors (Lipinski definition) is 4. The van der Waals surface area contributed by atoms with E-state index in [0.717, 1.165) is 0 Å². The molecule has 0 radical (unpaired) electrons. The molecule has 0 saturated heterocycles. The van der Waals surface area contributed by atoms with Crippen LogP contribution in [0.1, 0.15) is 21.5 Å². The lowest BCUT2D eigenvalue weighted by Crippen LogP contribution is -2.00. The van der Waals surface area contributed by atoms with E-state index >= 15 is 0 Å². The van der Waals surface area contributed by atoms with Crippen molar-refractivity contribution in [2.75, 3.05) is 0 Å². The summed E-state index contributed by atoms with van der Waals surface area (Å²) >= 11 is 0. The van der Waals surface area contributed by atoms with Gasteiger partial charge in [-0.1, -0.05) is 18.2 Å². The van der Waals surface area contributed by atoms with Crippen LogP contribution in [0.25, 0.3) is 11.0 Å². The van der Waals surface area contributed by atoms with E-state index in [2.05, 4.69) is 0 Å². The smallest absolute Gasteiger partial charge is 0.294 e. The molecule has 1 N–H and O–H groups in total. The number of fused-ring (bicyclic) bond motifs is 1. The van der Waals surface area contributed by atoms with Crippen molar-refractivity contribution in [3.63, 3.8) is 0 Å². The van der Waals surface area contributed by atoms with Gasteiger partial charge in [-0.05, 0) is 30.3 Å². The summed E-state index contributed by atoms with van der Waals surface area (Å²) < 4.78 is 5.17. The van der Waals surface area contributed by atoms with Crippen molar-refractivity contribution < 1.29 is 14.3 Å². The minimum absolute atomic E-state index is 0.144. The summed E-state index contributed by atoms with van der Waals surface area (Å²) in [4.78, 5) is 12.4. The highest BCUT2D eigenvalue weighted by molar-refractivity contribution is 6.17. The molecule has 1 aromatic heterocycles. The molecule has 3 aromatic rings. The van der Waals surface area contributed by atoms with Gasteiger partial charge in [0, 0.05) is 10.9 Å². The second kappa shape index (κ2) is 4.56. The number of nitrogens with zero attached hydrogens (tertiary/aromatic N) is 1. The molecule has 0 amide bonds. The van der Waals surface area contributed by atoms with E-state index < -0.39 is 0 Å². The van der Waals surface area contributed by atoms with Gasteiger partial charge < -0.3 is 9.52 Å². The van der Waals surface area contributed by atoms with Crippen LogP contribution in [0.5, 0.6) is 5.95 Å². The van der Waals surface area contributed by atoms with Gasteiger partial charge in [0.05, 0.1) is 11.6 Å². The van der Waals surface area contributed by atoms with Crippen LogP contribution in [0.15, 0.2) is 52.9 Å². The number of para-hydroxylation sites is 1. The standard InChI is InChI=1S/C16H9NO3/c17-9-10-5-7-11(8-6-10)15(18)14-12-3-1-2-4-13(12)20-16(14)19/h1-8,19H. The van der Waals surface area contributed by atoms with E-state index in [1.165, 1.54) is 0 Å². The van der Waals surface area contributed by atoms with Gasteiger partial charge in [0.15, 0.2) is 0 Å². The number of benzene rings is 2.